The van der Waals surface area contributed by atoms with Crippen LogP contribution in [0.3, 0.4) is 0 Å². The van der Waals surface area contributed by atoms with Gasteiger partial charge >= 0.3 is 0 Å². The van der Waals surface area contributed by atoms with Crippen molar-refractivity contribution < 1.29 is 0 Å². The number of hydrogen-bond acceptors (Lipinski definition) is 0. The van der Waals surface area contributed by atoms with E-state index in [1.54, 1.807) is 0 Å². The van der Waals surface area contributed by atoms with Gasteiger partial charge in [0.05, 0.1) is 16.7 Å². The second kappa shape index (κ2) is 10.6. The van der Waals surface area contributed by atoms with Crippen molar-refractivity contribution in [3.05, 3.63) is 138 Å². The van der Waals surface area contributed by atoms with E-state index in [-0.39, 0.29) is 23.0 Å². The molecule has 276 valence electrons. The van der Waals surface area contributed by atoms with Gasteiger partial charge in [-0.3, -0.25) is 0 Å². The fourth-order valence-electron chi connectivity index (χ4n) is 10.7. The highest BCUT2D eigenvalue weighted by molar-refractivity contribution is 7.02. The van der Waals surface area contributed by atoms with Gasteiger partial charge in [0, 0.05) is 43.7 Å². The predicted octanol–water partition coefficient (Wildman–Crippen LogP) is 12.4. The average molecular weight is 735 g/mol. The zero-order valence-corrected chi connectivity index (χ0v) is 34.5. The lowest BCUT2D eigenvalue weighted by Gasteiger charge is -2.36. The topological polar surface area (TPSA) is 9.86 Å². The van der Waals surface area contributed by atoms with Crippen molar-refractivity contribution in [3.63, 3.8) is 0 Å². The Balaban J connectivity index is 1.38. The first-order chi connectivity index (χ1) is 27.2. The highest BCUT2D eigenvalue weighted by Gasteiger charge is 2.43. The molecule has 2 aromatic heterocycles. The van der Waals surface area contributed by atoms with Crippen molar-refractivity contribution in [3.8, 4) is 11.4 Å². The lowest BCUT2D eigenvalue weighted by molar-refractivity contribution is 0.590. The Morgan fingerprint density at radius 2 is 1.02 bits per heavy atom. The number of nitrogens with zero attached hydrogens (tertiary/aromatic N) is 2. The van der Waals surface area contributed by atoms with Gasteiger partial charge in [-0.15, -0.1) is 0 Å². The van der Waals surface area contributed by atoms with Crippen LogP contribution in [0.25, 0.3) is 87.3 Å². The predicted molar refractivity (Wildman–Crippen MR) is 248 cm³/mol. The zero-order valence-electron chi connectivity index (χ0n) is 34.5. The molecule has 0 bridgehead atoms. The van der Waals surface area contributed by atoms with Gasteiger partial charge in [-0.05, 0) is 113 Å². The van der Waals surface area contributed by atoms with E-state index in [0.717, 1.165) is 0 Å². The van der Waals surface area contributed by atoms with Crippen LogP contribution in [0.1, 0.15) is 79.0 Å². The fourth-order valence-corrected chi connectivity index (χ4v) is 10.7. The summed E-state index contributed by atoms with van der Waals surface area (Å²) in [6.45, 7) is 21.2. The number of fused-ring (bicyclic) bond motifs is 16. The minimum Gasteiger partial charge on any atom is -0.310 e. The molecule has 0 N–H and O–H groups in total. The van der Waals surface area contributed by atoms with E-state index in [1.807, 2.05) is 0 Å². The van der Waals surface area contributed by atoms with Gasteiger partial charge in [0.15, 0.2) is 0 Å². The smallest absolute Gasteiger partial charge is 0.253 e. The summed E-state index contributed by atoms with van der Waals surface area (Å²) in [6, 6.07) is 47.6. The molecule has 8 aromatic carbocycles. The van der Waals surface area contributed by atoms with Crippen LogP contribution in [-0.4, -0.2) is 15.8 Å². The van der Waals surface area contributed by atoms with Crippen LogP contribution >= 0.6 is 0 Å². The van der Waals surface area contributed by atoms with Gasteiger partial charge in [-0.1, -0.05) is 147 Å². The summed E-state index contributed by atoms with van der Waals surface area (Å²) in [4.78, 5) is 0. The largest absolute Gasteiger partial charge is 0.310 e. The van der Waals surface area contributed by atoms with Crippen molar-refractivity contribution in [1.29, 1.82) is 0 Å². The van der Waals surface area contributed by atoms with Crippen molar-refractivity contribution in [2.24, 2.45) is 0 Å². The highest BCUT2D eigenvalue weighted by Crippen LogP contribution is 2.45. The minimum absolute atomic E-state index is 0.0125. The van der Waals surface area contributed by atoms with E-state index in [4.69, 9.17) is 0 Å². The molecule has 0 spiro atoms. The number of hydrogen-bond donors (Lipinski definition) is 0. The Morgan fingerprint density at radius 1 is 0.386 bits per heavy atom. The minimum atomic E-state index is -0.0373. The van der Waals surface area contributed by atoms with Crippen molar-refractivity contribution in [2.75, 3.05) is 0 Å². The average Bonchev–Trinajstić information content (AvgIpc) is 3.68. The lowest BCUT2D eigenvalue weighted by atomic mass is 9.33. The normalized spacial score (nSPS) is 14.0. The first-order valence-electron chi connectivity index (χ1n) is 20.8. The van der Waals surface area contributed by atoms with Gasteiger partial charge in [-0.2, -0.15) is 0 Å². The Kier molecular flexibility index (Phi) is 6.19. The molecule has 0 amide bonds. The summed E-state index contributed by atoms with van der Waals surface area (Å²) in [7, 11) is 0. The summed E-state index contributed by atoms with van der Waals surface area (Å²) < 4.78 is 5.34. The molecular formula is C54H47BN2. The van der Waals surface area contributed by atoms with Crippen LogP contribution in [0.5, 0.6) is 0 Å². The maximum Gasteiger partial charge on any atom is 0.253 e. The molecule has 0 atom stereocenters. The maximum absolute atomic E-state index is 2.67. The van der Waals surface area contributed by atoms with Gasteiger partial charge in [0.2, 0.25) is 0 Å². The first-order valence-corrected chi connectivity index (χ1v) is 20.8. The Morgan fingerprint density at radius 3 is 1.77 bits per heavy atom. The second-order valence-electron chi connectivity index (χ2n) is 20.2. The third-order valence-corrected chi connectivity index (χ3v) is 13.7. The van der Waals surface area contributed by atoms with E-state index >= 15 is 0 Å². The second-order valence-corrected chi connectivity index (χ2v) is 20.2. The molecule has 0 aliphatic carbocycles. The molecular weight excluding hydrogens is 687 g/mol. The molecule has 2 aliphatic rings. The van der Waals surface area contributed by atoms with E-state index < -0.39 is 0 Å². The van der Waals surface area contributed by atoms with Crippen molar-refractivity contribution >= 4 is 99.0 Å². The number of rotatable bonds is 0. The molecule has 4 heterocycles. The van der Waals surface area contributed by atoms with Crippen LogP contribution in [0.2, 0.25) is 0 Å². The molecule has 57 heavy (non-hydrogen) atoms. The molecule has 0 saturated heterocycles. The van der Waals surface area contributed by atoms with Crippen LogP contribution in [-0.2, 0) is 16.2 Å². The first kappa shape index (κ1) is 33.4. The molecule has 2 nitrogen and oxygen atoms in total. The summed E-state index contributed by atoms with van der Waals surface area (Å²) in [6.07, 6.45) is 0. The van der Waals surface area contributed by atoms with Gasteiger partial charge in [-0.25, -0.2) is 0 Å². The van der Waals surface area contributed by atoms with Crippen LogP contribution in [0.15, 0.2) is 121 Å². The Labute approximate surface area is 334 Å². The van der Waals surface area contributed by atoms with Crippen LogP contribution in [0, 0.1) is 0 Å². The molecule has 12 rings (SSSR count). The van der Waals surface area contributed by atoms with E-state index in [2.05, 4.69) is 193 Å². The third kappa shape index (κ3) is 4.27. The van der Waals surface area contributed by atoms with Gasteiger partial charge < -0.3 is 9.13 Å². The summed E-state index contributed by atoms with van der Waals surface area (Å²) in [5.74, 6) is 0. The molecule has 10 aromatic rings. The monoisotopic (exact) mass is 734 g/mol. The fraction of sp³-hybridized carbons (Fsp3) is 0.222. The SMILES string of the molecule is CC(C)(C)c1ccc2c(c1)c1cc(C(C)(C)C)cc3c1n2-c1c2c(cc4ccccc14)-n1c4cc(C(C)(C)C)ccc4c4cc5c(ccc6ccccc65)c(c41)B23. The van der Waals surface area contributed by atoms with E-state index in [9.17, 15) is 0 Å². The van der Waals surface area contributed by atoms with Crippen LogP contribution in [0.4, 0.5) is 0 Å². The molecule has 0 radical (unpaired) electrons. The zero-order chi connectivity index (χ0) is 39.1. The molecule has 0 unspecified atom stereocenters. The van der Waals surface area contributed by atoms with E-state index in [1.165, 1.54) is 120 Å². The molecule has 0 fully saturated rings. The van der Waals surface area contributed by atoms with Gasteiger partial charge in [0.25, 0.3) is 6.71 Å². The molecule has 0 saturated carbocycles. The third-order valence-electron chi connectivity index (χ3n) is 13.7. The Hall–Kier alpha value is -5.80. The number of aromatic nitrogens is 2. The molecule has 3 heteroatoms. The lowest BCUT2D eigenvalue weighted by Crippen LogP contribution is -2.60. The van der Waals surface area contributed by atoms with Crippen LogP contribution < -0.4 is 16.4 Å². The Bertz CT molecular complexity index is 3460. The molecule has 2 aliphatic heterocycles. The van der Waals surface area contributed by atoms with E-state index in [0.29, 0.717) is 0 Å². The standard InChI is InChI=1S/C54H47BN2/c1-52(2,3)32-20-23-44-40(25-32)41-26-34(54(7,8)9)27-43-49(41)57(44)50-36-17-13-11-15-31(36)24-46-48(50)55(43)47-38-21-18-30-14-10-12-16-35(30)39(38)29-42-37-22-19-33(53(4,5)6)28-45(37)56(46)51(42)47/h10-29H,1-9H3. The quantitative estimate of drug-likeness (QED) is 0.108. The summed E-state index contributed by atoms with van der Waals surface area (Å²) in [5, 5.41) is 13.2. The highest BCUT2D eigenvalue weighted by atomic mass is 15.0. The maximum atomic E-state index is 2.67. The van der Waals surface area contributed by atoms with Gasteiger partial charge in [0.1, 0.15) is 0 Å². The van der Waals surface area contributed by atoms with Crippen molar-refractivity contribution in [1.82, 2.24) is 9.13 Å². The summed E-state index contributed by atoms with van der Waals surface area (Å²) in [5.41, 5.74) is 16.3. The number of benzene rings is 8. The summed E-state index contributed by atoms with van der Waals surface area (Å²) >= 11 is 0. The van der Waals surface area contributed by atoms with Crippen molar-refractivity contribution in [2.45, 2.75) is 78.6 Å².